The Morgan fingerprint density at radius 3 is 2.57 bits per heavy atom. The monoisotopic (exact) mass is 288 g/mol. The molecule has 0 radical (unpaired) electrons. The van der Waals surface area contributed by atoms with Crippen LogP contribution in [0.1, 0.15) is 46.1 Å². The van der Waals surface area contributed by atoms with E-state index in [0.717, 1.165) is 19.3 Å². The molecule has 0 aliphatic carbocycles. The van der Waals surface area contributed by atoms with E-state index >= 15 is 0 Å². The average Bonchev–Trinajstić information content (AvgIpc) is 2.97. The van der Waals surface area contributed by atoms with Gasteiger partial charge >= 0.3 is 0 Å². The molecule has 0 aromatic carbocycles. The van der Waals surface area contributed by atoms with Gasteiger partial charge in [0.2, 0.25) is 5.91 Å². The Kier molecular flexibility index (Phi) is 4.08. The lowest BCUT2D eigenvalue weighted by atomic mass is 9.87. The van der Waals surface area contributed by atoms with Gasteiger partial charge in [-0.15, -0.1) is 0 Å². The number of nitriles is 1. The molecular formula is C16H24N4O. The molecule has 5 heteroatoms. The van der Waals surface area contributed by atoms with Crippen molar-refractivity contribution in [3.05, 3.63) is 18.0 Å². The summed E-state index contributed by atoms with van der Waals surface area (Å²) in [5.74, 6) is -0.0678. The molecule has 114 valence electrons. The van der Waals surface area contributed by atoms with E-state index in [-0.39, 0.29) is 11.4 Å². The summed E-state index contributed by atoms with van der Waals surface area (Å²) >= 11 is 0. The Morgan fingerprint density at radius 1 is 1.48 bits per heavy atom. The van der Waals surface area contributed by atoms with Gasteiger partial charge in [-0.1, -0.05) is 6.92 Å². The number of likely N-dealkylation sites (tertiary alicyclic amines) is 1. The SMILES string of the molecule is CCc1cnn(C2(C)CCN(C(=O)C(C)(C)C#N)CC2)c1. The van der Waals surface area contributed by atoms with Crippen LogP contribution >= 0.6 is 0 Å². The van der Waals surface area contributed by atoms with E-state index in [1.165, 1.54) is 5.56 Å². The fraction of sp³-hybridized carbons (Fsp3) is 0.688. The first-order valence-electron chi connectivity index (χ1n) is 7.57. The number of carbonyl (C=O) groups excluding carboxylic acids is 1. The van der Waals surface area contributed by atoms with Crippen molar-refractivity contribution < 1.29 is 4.79 Å². The van der Waals surface area contributed by atoms with E-state index < -0.39 is 5.41 Å². The van der Waals surface area contributed by atoms with E-state index in [1.807, 2.05) is 15.8 Å². The zero-order valence-corrected chi connectivity index (χ0v) is 13.4. The van der Waals surface area contributed by atoms with Gasteiger partial charge in [-0.25, -0.2) is 0 Å². The third-order valence-electron chi connectivity index (χ3n) is 4.54. The molecule has 0 bridgehead atoms. The van der Waals surface area contributed by atoms with Crippen molar-refractivity contribution in [1.29, 1.82) is 5.26 Å². The fourth-order valence-corrected chi connectivity index (χ4v) is 2.70. The lowest BCUT2D eigenvalue weighted by Crippen LogP contribution is -2.50. The third kappa shape index (κ3) is 2.94. The average molecular weight is 288 g/mol. The maximum atomic E-state index is 12.3. The summed E-state index contributed by atoms with van der Waals surface area (Å²) in [4.78, 5) is 14.1. The second-order valence-corrected chi connectivity index (χ2v) is 6.67. The zero-order valence-electron chi connectivity index (χ0n) is 13.4. The molecule has 1 aromatic heterocycles. The molecule has 1 amide bonds. The number of aromatic nitrogens is 2. The summed E-state index contributed by atoms with van der Waals surface area (Å²) in [6, 6.07) is 2.09. The zero-order chi connectivity index (χ0) is 15.7. The minimum atomic E-state index is -0.936. The molecule has 0 unspecified atom stereocenters. The lowest BCUT2D eigenvalue weighted by Gasteiger charge is -2.41. The first-order valence-corrected chi connectivity index (χ1v) is 7.57. The van der Waals surface area contributed by atoms with Crippen LogP contribution in [0.2, 0.25) is 0 Å². The van der Waals surface area contributed by atoms with Crippen LogP contribution in [0, 0.1) is 16.7 Å². The molecule has 0 N–H and O–H groups in total. The first-order chi connectivity index (χ1) is 9.82. The minimum Gasteiger partial charge on any atom is -0.341 e. The summed E-state index contributed by atoms with van der Waals surface area (Å²) in [5, 5.41) is 13.6. The Balaban J connectivity index is 2.06. The van der Waals surface area contributed by atoms with Gasteiger partial charge in [0, 0.05) is 19.3 Å². The molecule has 2 rings (SSSR count). The molecule has 0 saturated carbocycles. The van der Waals surface area contributed by atoms with E-state index in [4.69, 9.17) is 5.26 Å². The van der Waals surface area contributed by atoms with Crippen LogP contribution in [0.5, 0.6) is 0 Å². The standard InChI is InChI=1S/C16H24N4O/c1-5-13-10-18-20(11-13)16(4)6-8-19(9-7-16)14(21)15(2,3)12-17/h10-11H,5-9H2,1-4H3. The number of aryl methyl sites for hydroxylation is 1. The van der Waals surface area contributed by atoms with Crippen LogP contribution in [0.15, 0.2) is 12.4 Å². The summed E-state index contributed by atoms with van der Waals surface area (Å²) < 4.78 is 2.04. The van der Waals surface area contributed by atoms with Gasteiger partial charge in [0.1, 0.15) is 5.41 Å². The molecule has 5 nitrogen and oxygen atoms in total. The Morgan fingerprint density at radius 2 is 2.10 bits per heavy atom. The second-order valence-electron chi connectivity index (χ2n) is 6.67. The van der Waals surface area contributed by atoms with Gasteiger partial charge in [-0.2, -0.15) is 10.4 Å². The van der Waals surface area contributed by atoms with Crippen LogP contribution in [-0.2, 0) is 16.8 Å². The number of piperidine rings is 1. The van der Waals surface area contributed by atoms with Crippen LogP contribution in [0.25, 0.3) is 0 Å². The van der Waals surface area contributed by atoms with Crippen molar-refractivity contribution in [3.8, 4) is 6.07 Å². The van der Waals surface area contributed by atoms with E-state index in [1.54, 1.807) is 13.8 Å². The number of hydrogen-bond donors (Lipinski definition) is 0. The maximum absolute atomic E-state index is 12.3. The van der Waals surface area contributed by atoms with Gasteiger partial charge < -0.3 is 4.90 Å². The number of amides is 1. The van der Waals surface area contributed by atoms with E-state index in [9.17, 15) is 4.79 Å². The highest BCUT2D eigenvalue weighted by Crippen LogP contribution is 2.31. The Hall–Kier alpha value is -1.83. The fourth-order valence-electron chi connectivity index (χ4n) is 2.70. The molecule has 1 aliphatic heterocycles. The minimum absolute atomic E-state index is 0.0407. The number of hydrogen-bond acceptors (Lipinski definition) is 3. The molecule has 1 aliphatic rings. The Bertz CT molecular complexity index is 559. The summed E-state index contributed by atoms with van der Waals surface area (Å²) in [6.45, 7) is 9.05. The van der Waals surface area contributed by atoms with Crippen molar-refractivity contribution >= 4 is 5.91 Å². The van der Waals surface area contributed by atoms with Crippen LogP contribution in [-0.4, -0.2) is 33.7 Å². The maximum Gasteiger partial charge on any atom is 0.242 e. The van der Waals surface area contributed by atoms with Gasteiger partial charge in [-0.3, -0.25) is 9.48 Å². The van der Waals surface area contributed by atoms with Crippen LogP contribution in [0.4, 0.5) is 0 Å². The number of rotatable bonds is 3. The summed E-state index contributed by atoms with van der Waals surface area (Å²) in [7, 11) is 0. The number of nitrogens with zero attached hydrogens (tertiary/aromatic N) is 4. The van der Waals surface area contributed by atoms with Crippen molar-refractivity contribution in [2.24, 2.45) is 5.41 Å². The van der Waals surface area contributed by atoms with E-state index in [0.29, 0.717) is 13.1 Å². The van der Waals surface area contributed by atoms with Gasteiger partial charge in [0.25, 0.3) is 0 Å². The summed E-state index contributed by atoms with van der Waals surface area (Å²) in [6.07, 6.45) is 6.74. The molecule has 21 heavy (non-hydrogen) atoms. The molecule has 1 aromatic rings. The van der Waals surface area contributed by atoms with Crippen molar-refractivity contribution in [2.75, 3.05) is 13.1 Å². The molecular weight excluding hydrogens is 264 g/mol. The number of carbonyl (C=O) groups is 1. The van der Waals surface area contributed by atoms with Crippen molar-refractivity contribution in [1.82, 2.24) is 14.7 Å². The molecule has 1 fully saturated rings. The van der Waals surface area contributed by atoms with Gasteiger partial charge in [0.05, 0.1) is 17.8 Å². The lowest BCUT2D eigenvalue weighted by molar-refractivity contribution is -0.139. The predicted octanol–water partition coefficient (Wildman–Crippen LogP) is 2.33. The Labute approximate surface area is 126 Å². The molecule has 2 heterocycles. The molecule has 1 saturated heterocycles. The highest BCUT2D eigenvalue weighted by atomic mass is 16.2. The normalized spacial score (nSPS) is 18.3. The highest BCUT2D eigenvalue weighted by Gasteiger charge is 2.38. The van der Waals surface area contributed by atoms with Crippen LogP contribution < -0.4 is 0 Å². The first kappa shape index (κ1) is 15.6. The molecule has 0 atom stereocenters. The highest BCUT2D eigenvalue weighted by molar-refractivity contribution is 5.84. The summed E-state index contributed by atoms with van der Waals surface area (Å²) in [5.41, 5.74) is 0.260. The predicted molar refractivity (Wildman–Crippen MR) is 80.5 cm³/mol. The largest absolute Gasteiger partial charge is 0.341 e. The van der Waals surface area contributed by atoms with Gasteiger partial charge in [-0.05, 0) is 45.6 Å². The quantitative estimate of drug-likeness (QED) is 0.857. The molecule has 0 spiro atoms. The van der Waals surface area contributed by atoms with Crippen molar-refractivity contribution in [3.63, 3.8) is 0 Å². The topological polar surface area (TPSA) is 61.9 Å². The van der Waals surface area contributed by atoms with Gasteiger partial charge in [0.15, 0.2) is 0 Å². The van der Waals surface area contributed by atoms with Crippen LogP contribution in [0.3, 0.4) is 0 Å². The second kappa shape index (κ2) is 5.51. The third-order valence-corrected chi connectivity index (χ3v) is 4.54. The van der Waals surface area contributed by atoms with Crippen molar-refractivity contribution in [2.45, 2.75) is 52.5 Å². The van der Waals surface area contributed by atoms with E-state index in [2.05, 4.69) is 31.2 Å². The smallest absolute Gasteiger partial charge is 0.242 e.